The second kappa shape index (κ2) is 8.62. The summed E-state index contributed by atoms with van der Waals surface area (Å²) >= 11 is 0. The minimum Gasteiger partial charge on any atom is -0.497 e. The maximum Gasteiger partial charge on any atom is 0.283 e. The van der Waals surface area contributed by atoms with Crippen LogP contribution >= 0.6 is 0 Å². The second-order valence-electron chi connectivity index (χ2n) is 7.80. The third kappa shape index (κ3) is 3.95. The molecule has 0 aliphatic carbocycles. The molecule has 0 N–H and O–H groups in total. The SMILES string of the molecule is COc1ccc2c(c1)c(OCc1cc(F)cc3c1OCOC3)nn2S(=O)(=O)c1ccc(C)cc1. The first-order valence-electron chi connectivity index (χ1n) is 10.4. The Morgan fingerprint density at radius 2 is 1.91 bits per heavy atom. The van der Waals surface area contributed by atoms with E-state index in [0.717, 1.165) is 9.65 Å². The van der Waals surface area contributed by atoms with Crippen LogP contribution in [0, 0.1) is 12.7 Å². The first-order valence-corrected chi connectivity index (χ1v) is 11.8. The van der Waals surface area contributed by atoms with Gasteiger partial charge in [-0.25, -0.2) is 4.39 Å². The molecule has 5 rings (SSSR count). The van der Waals surface area contributed by atoms with Crippen LogP contribution in [0.25, 0.3) is 10.9 Å². The molecule has 0 radical (unpaired) electrons. The topological polar surface area (TPSA) is 88.9 Å². The Hall–Kier alpha value is -3.63. The molecule has 176 valence electrons. The van der Waals surface area contributed by atoms with E-state index in [1.165, 1.54) is 31.4 Å². The summed E-state index contributed by atoms with van der Waals surface area (Å²) in [5.74, 6) is 0.606. The van der Waals surface area contributed by atoms with Gasteiger partial charge in [-0.3, -0.25) is 0 Å². The number of halogens is 1. The molecule has 0 amide bonds. The average molecular weight is 485 g/mol. The van der Waals surface area contributed by atoms with Crippen LogP contribution in [0.1, 0.15) is 16.7 Å². The number of nitrogens with zero attached hydrogens (tertiary/aromatic N) is 2. The molecule has 0 atom stereocenters. The molecule has 1 aromatic heterocycles. The van der Waals surface area contributed by atoms with Crippen molar-refractivity contribution in [2.45, 2.75) is 25.0 Å². The summed E-state index contributed by atoms with van der Waals surface area (Å²) < 4.78 is 63.8. The van der Waals surface area contributed by atoms with Crippen LogP contribution in [0.3, 0.4) is 0 Å². The lowest BCUT2D eigenvalue weighted by molar-refractivity contribution is -0.0178. The van der Waals surface area contributed by atoms with Crippen molar-refractivity contribution >= 4 is 20.9 Å². The minimum absolute atomic E-state index is 0.0508. The molecule has 0 fully saturated rings. The van der Waals surface area contributed by atoms with Gasteiger partial charge in [0.1, 0.15) is 23.9 Å². The van der Waals surface area contributed by atoms with Gasteiger partial charge in [-0.2, -0.15) is 8.42 Å². The quantitative estimate of drug-likeness (QED) is 0.406. The van der Waals surface area contributed by atoms with Crippen molar-refractivity contribution in [2.24, 2.45) is 0 Å². The maximum absolute atomic E-state index is 14.1. The zero-order valence-electron chi connectivity index (χ0n) is 18.4. The fourth-order valence-electron chi connectivity index (χ4n) is 3.78. The second-order valence-corrected chi connectivity index (χ2v) is 9.57. The van der Waals surface area contributed by atoms with Crippen molar-refractivity contribution in [3.05, 3.63) is 77.1 Å². The van der Waals surface area contributed by atoms with E-state index in [0.29, 0.717) is 33.5 Å². The number of hydrogen-bond donors (Lipinski definition) is 0. The van der Waals surface area contributed by atoms with E-state index in [9.17, 15) is 12.8 Å². The largest absolute Gasteiger partial charge is 0.497 e. The molecule has 10 heteroatoms. The molecule has 0 spiro atoms. The summed E-state index contributed by atoms with van der Waals surface area (Å²) in [5, 5.41) is 4.71. The normalized spacial score (nSPS) is 13.4. The van der Waals surface area contributed by atoms with Crippen LogP contribution in [0.2, 0.25) is 0 Å². The van der Waals surface area contributed by atoms with Crippen LogP contribution in [0.15, 0.2) is 59.5 Å². The number of benzene rings is 3. The van der Waals surface area contributed by atoms with E-state index in [4.69, 9.17) is 18.9 Å². The highest BCUT2D eigenvalue weighted by Crippen LogP contribution is 2.34. The summed E-state index contributed by atoms with van der Waals surface area (Å²) in [6, 6.07) is 14.0. The standard InChI is InChI=1S/C24H21FN2O6S/c1-15-3-6-20(7-4-15)34(28,29)27-22-8-5-19(30-2)11-21(22)24(26-27)32-13-17-10-18(25)9-16-12-31-14-33-23(16)17/h3-11H,12-14H2,1-2H3. The molecule has 8 nitrogen and oxygen atoms in total. The van der Waals surface area contributed by atoms with Crippen molar-refractivity contribution in [2.75, 3.05) is 13.9 Å². The van der Waals surface area contributed by atoms with Crippen molar-refractivity contribution in [1.82, 2.24) is 9.19 Å². The molecule has 1 aliphatic rings. The van der Waals surface area contributed by atoms with Crippen LogP contribution in [-0.4, -0.2) is 31.5 Å². The first kappa shape index (κ1) is 22.2. The van der Waals surface area contributed by atoms with Crippen molar-refractivity contribution in [3.8, 4) is 17.4 Å². The molecule has 0 bridgehead atoms. The maximum atomic E-state index is 14.1. The Morgan fingerprint density at radius 3 is 2.68 bits per heavy atom. The van der Waals surface area contributed by atoms with Crippen LogP contribution in [0.5, 0.6) is 17.4 Å². The van der Waals surface area contributed by atoms with Crippen molar-refractivity contribution in [3.63, 3.8) is 0 Å². The predicted octanol–water partition coefficient (Wildman–Crippen LogP) is 4.17. The third-order valence-electron chi connectivity index (χ3n) is 5.48. The smallest absolute Gasteiger partial charge is 0.283 e. The molecule has 34 heavy (non-hydrogen) atoms. The summed E-state index contributed by atoms with van der Waals surface area (Å²) in [5.41, 5.74) is 2.29. The summed E-state index contributed by atoms with van der Waals surface area (Å²) in [7, 11) is -2.49. The van der Waals surface area contributed by atoms with Gasteiger partial charge in [-0.05, 0) is 49.4 Å². The first-order chi connectivity index (χ1) is 16.4. The van der Waals surface area contributed by atoms with Crippen LogP contribution in [-0.2, 0) is 28.0 Å². The molecule has 2 heterocycles. The highest BCUT2D eigenvalue weighted by molar-refractivity contribution is 7.90. The van der Waals surface area contributed by atoms with Gasteiger partial charge in [-0.1, -0.05) is 17.7 Å². The van der Waals surface area contributed by atoms with E-state index < -0.39 is 15.8 Å². The van der Waals surface area contributed by atoms with E-state index in [1.807, 2.05) is 6.92 Å². The minimum atomic E-state index is -4.00. The number of aromatic nitrogens is 2. The van der Waals surface area contributed by atoms with Crippen molar-refractivity contribution in [1.29, 1.82) is 0 Å². The lowest BCUT2D eigenvalue weighted by atomic mass is 10.1. The molecule has 0 unspecified atom stereocenters. The number of ether oxygens (including phenoxy) is 4. The van der Waals surface area contributed by atoms with Gasteiger partial charge in [0.05, 0.1) is 29.5 Å². The molecular formula is C24H21FN2O6S. The fourth-order valence-corrected chi connectivity index (χ4v) is 5.06. The Bertz CT molecular complexity index is 1480. The number of fused-ring (bicyclic) bond motifs is 2. The Labute approximate surface area is 195 Å². The number of aryl methyl sites for hydroxylation is 1. The monoisotopic (exact) mass is 484 g/mol. The van der Waals surface area contributed by atoms with Gasteiger partial charge in [-0.15, -0.1) is 9.19 Å². The van der Waals surface area contributed by atoms with Gasteiger partial charge < -0.3 is 18.9 Å². The average Bonchev–Trinajstić information content (AvgIpc) is 3.21. The van der Waals surface area contributed by atoms with E-state index in [2.05, 4.69) is 5.10 Å². The zero-order chi connectivity index (χ0) is 23.9. The lowest BCUT2D eigenvalue weighted by Crippen LogP contribution is -2.15. The van der Waals surface area contributed by atoms with E-state index in [1.54, 1.807) is 30.3 Å². The van der Waals surface area contributed by atoms with Gasteiger partial charge >= 0.3 is 0 Å². The van der Waals surface area contributed by atoms with E-state index >= 15 is 0 Å². The number of methoxy groups -OCH3 is 1. The highest BCUT2D eigenvalue weighted by atomic mass is 32.2. The lowest BCUT2D eigenvalue weighted by Gasteiger charge is -2.20. The van der Waals surface area contributed by atoms with Gasteiger partial charge in [0.2, 0.25) is 5.88 Å². The summed E-state index contributed by atoms with van der Waals surface area (Å²) in [6.07, 6.45) is 0. The Kier molecular flexibility index (Phi) is 5.62. The van der Waals surface area contributed by atoms with Gasteiger partial charge in [0.15, 0.2) is 6.79 Å². The summed E-state index contributed by atoms with van der Waals surface area (Å²) in [6.45, 7) is 2.06. The number of rotatable bonds is 6. The van der Waals surface area contributed by atoms with Crippen molar-refractivity contribution < 1.29 is 31.8 Å². The highest BCUT2D eigenvalue weighted by Gasteiger charge is 2.25. The van der Waals surface area contributed by atoms with Gasteiger partial charge in [0, 0.05) is 11.1 Å². The molecule has 1 aliphatic heterocycles. The fraction of sp³-hybridized carbons (Fsp3) is 0.208. The molecule has 3 aromatic carbocycles. The Balaban J connectivity index is 1.57. The zero-order valence-corrected chi connectivity index (χ0v) is 19.3. The van der Waals surface area contributed by atoms with Gasteiger partial charge in [0.25, 0.3) is 10.0 Å². The van der Waals surface area contributed by atoms with Crippen LogP contribution in [0.4, 0.5) is 4.39 Å². The Morgan fingerprint density at radius 1 is 1.12 bits per heavy atom. The molecule has 0 saturated heterocycles. The van der Waals surface area contributed by atoms with Crippen LogP contribution < -0.4 is 14.2 Å². The predicted molar refractivity (Wildman–Crippen MR) is 121 cm³/mol. The molecule has 0 saturated carbocycles. The molecule has 4 aromatic rings. The third-order valence-corrected chi connectivity index (χ3v) is 7.09. The summed E-state index contributed by atoms with van der Waals surface area (Å²) in [4.78, 5) is 0.0949. The van der Waals surface area contributed by atoms with E-state index in [-0.39, 0.29) is 30.8 Å². The molecular weight excluding hydrogens is 463 g/mol. The number of hydrogen-bond acceptors (Lipinski definition) is 7.